The number of aromatic hydroxyl groups is 1. The maximum Gasteiger partial charge on any atom is 0.573 e. The average Bonchev–Trinajstić information content (AvgIpc) is 2.45. The maximum absolute atomic E-state index is 12.2. The van der Waals surface area contributed by atoms with Crippen LogP contribution in [0, 0.1) is 0 Å². The molecule has 0 unspecified atom stereocenters. The maximum atomic E-state index is 12.2. The molecule has 0 amide bonds. The molecule has 1 heterocycles. The van der Waals surface area contributed by atoms with Gasteiger partial charge < -0.3 is 31.8 Å². The Morgan fingerprint density at radius 3 is 2.43 bits per heavy atom. The van der Waals surface area contributed by atoms with E-state index in [1.165, 1.54) is 6.07 Å². The van der Waals surface area contributed by atoms with Gasteiger partial charge in [0.1, 0.15) is 11.5 Å². The lowest BCUT2D eigenvalue weighted by atomic mass is 9.95. The number of phenolic OH excluding ortho intramolecular Hbond substituents is 1. The first-order valence-corrected chi connectivity index (χ1v) is 6.59. The van der Waals surface area contributed by atoms with Crippen molar-refractivity contribution in [1.82, 2.24) is 0 Å². The van der Waals surface area contributed by atoms with Gasteiger partial charge >= 0.3 is 6.36 Å². The zero-order valence-electron chi connectivity index (χ0n) is 12.0. The number of ether oxygens (including phenoxy) is 2. The van der Waals surface area contributed by atoms with Crippen molar-refractivity contribution in [2.75, 3.05) is 13.2 Å². The highest BCUT2D eigenvalue weighted by Gasteiger charge is 2.31. The van der Waals surface area contributed by atoms with Gasteiger partial charge in [0.2, 0.25) is 0 Å². The molecule has 9 heteroatoms. The van der Waals surface area contributed by atoms with Gasteiger partial charge in [-0.3, -0.25) is 0 Å². The van der Waals surface area contributed by atoms with Crippen LogP contribution in [0.25, 0.3) is 5.70 Å². The molecule has 0 aliphatic carbocycles. The standard InChI is InChI=1S/C14H16F3N3O3/c15-14(16,17)23-7-1-2-9(11(21)5-7)12(18)8-3-4-22-6-10(8)13(19)20/h1-2,5,21H,3-4,6,18-20H2/b12-8-. The minimum atomic E-state index is -4.84. The summed E-state index contributed by atoms with van der Waals surface area (Å²) in [7, 11) is 0. The zero-order valence-corrected chi connectivity index (χ0v) is 12.0. The van der Waals surface area contributed by atoms with Crippen molar-refractivity contribution < 1.29 is 27.8 Å². The van der Waals surface area contributed by atoms with Crippen molar-refractivity contribution >= 4 is 5.70 Å². The van der Waals surface area contributed by atoms with E-state index in [1.54, 1.807) is 0 Å². The van der Waals surface area contributed by atoms with Gasteiger partial charge in [-0.1, -0.05) is 0 Å². The Balaban J connectivity index is 2.41. The van der Waals surface area contributed by atoms with E-state index >= 15 is 0 Å². The van der Waals surface area contributed by atoms with E-state index in [0.717, 1.165) is 12.1 Å². The van der Waals surface area contributed by atoms with E-state index in [9.17, 15) is 18.3 Å². The molecule has 6 nitrogen and oxygen atoms in total. The summed E-state index contributed by atoms with van der Waals surface area (Å²) in [5, 5.41) is 9.94. The molecule has 0 spiro atoms. The highest BCUT2D eigenvalue weighted by atomic mass is 19.4. The summed E-state index contributed by atoms with van der Waals surface area (Å²) in [6.07, 6.45) is -4.43. The van der Waals surface area contributed by atoms with Crippen LogP contribution < -0.4 is 21.9 Å². The Labute approximate surface area is 130 Å². The van der Waals surface area contributed by atoms with Crippen molar-refractivity contribution in [3.8, 4) is 11.5 Å². The number of nitrogens with two attached hydrogens (primary N) is 3. The molecule has 1 aromatic carbocycles. The van der Waals surface area contributed by atoms with Crippen molar-refractivity contribution in [2.45, 2.75) is 12.8 Å². The van der Waals surface area contributed by atoms with Crippen LogP contribution in [0.4, 0.5) is 13.2 Å². The lowest BCUT2D eigenvalue weighted by Gasteiger charge is -2.22. The molecule has 0 bridgehead atoms. The number of halogens is 3. The average molecular weight is 331 g/mol. The summed E-state index contributed by atoms with van der Waals surface area (Å²) >= 11 is 0. The minimum absolute atomic E-state index is 0.0409. The summed E-state index contributed by atoms with van der Waals surface area (Å²) in [6, 6.07) is 3.13. The first-order valence-electron chi connectivity index (χ1n) is 6.59. The SMILES string of the molecule is NC(N)=C1COCC/C1=C(/N)c1ccc(OC(F)(F)F)cc1O. The fraction of sp³-hybridized carbons (Fsp3) is 0.286. The van der Waals surface area contributed by atoms with Crippen molar-refractivity contribution in [2.24, 2.45) is 17.2 Å². The number of rotatable bonds is 2. The van der Waals surface area contributed by atoms with Gasteiger partial charge in [-0.25, -0.2) is 0 Å². The second-order valence-corrected chi connectivity index (χ2v) is 4.86. The zero-order chi connectivity index (χ0) is 17.2. The number of hydrogen-bond acceptors (Lipinski definition) is 6. The molecule has 1 aromatic rings. The Kier molecular flexibility index (Phi) is 4.60. The van der Waals surface area contributed by atoms with E-state index < -0.39 is 17.9 Å². The van der Waals surface area contributed by atoms with Crippen molar-refractivity contribution in [1.29, 1.82) is 0 Å². The van der Waals surface area contributed by atoms with Gasteiger partial charge in [0, 0.05) is 22.9 Å². The molecule has 1 fully saturated rings. The van der Waals surface area contributed by atoms with E-state index in [-0.39, 0.29) is 23.7 Å². The van der Waals surface area contributed by atoms with Crippen LogP contribution in [-0.4, -0.2) is 24.7 Å². The fourth-order valence-corrected chi connectivity index (χ4v) is 2.24. The van der Waals surface area contributed by atoms with Gasteiger partial charge in [0.25, 0.3) is 0 Å². The summed E-state index contributed by atoms with van der Waals surface area (Å²) in [5.74, 6) is -0.949. The number of benzene rings is 1. The van der Waals surface area contributed by atoms with E-state index in [2.05, 4.69) is 4.74 Å². The number of hydrogen-bond donors (Lipinski definition) is 4. The van der Waals surface area contributed by atoms with E-state index in [0.29, 0.717) is 24.2 Å². The van der Waals surface area contributed by atoms with E-state index in [1.807, 2.05) is 0 Å². The molecular weight excluding hydrogens is 315 g/mol. The second kappa shape index (κ2) is 6.29. The predicted octanol–water partition coefficient (Wildman–Crippen LogP) is 1.51. The van der Waals surface area contributed by atoms with Crippen molar-refractivity contribution in [3.05, 3.63) is 40.7 Å². The van der Waals surface area contributed by atoms with Crippen LogP contribution in [0.2, 0.25) is 0 Å². The van der Waals surface area contributed by atoms with Crippen LogP contribution in [0.15, 0.2) is 35.2 Å². The lowest BCUT2D eigenvalue weighted by Crippen LogP contribution is -2.23. The van der Waals surface area contributed by atoms with Gasteiger partial charge in [-0.05, 0) is 24.1 Å². The predicted molar refractivity (Wildman–Crippen MR) is 76.7 cm³/mol. The summed E-state index contributed by atoms with van der Waals surface area (Å²) < 4.78 is 45.5. The van der Waals surface area contributed by atoms with Crippen LogP contribution in [0.5, 0.6) is 11.5 Å². The Hall–Kier alpha value is -2.55. The Morgan fingerprint density at radius 2 is 1.87 bits per heavy atom. The first kappa shape index (κ1) is 16.8. The van der Waals surface area contributed by atoms with Gasteiger partial charge in [0.05, 0.1) is 19.0 Å². The van der Waals surface area contributed by atoms with Gasteiger partial charge in [0.15, 0.2) is 0 Å². The van der Waals surface area contributed by atoms with Gasteiger partial charge in [-0.2, -0.15) is 0 Å². The van der Waals surface area contributed by atoms with Crippen LogP contribution >= 0.6 is 0 Å². The largest absolute Gasteiger partial charge is 0.573 e. The lowest BCUT2D eigenvalue weighted by molar-refractivity contribution is -0.274. The molecule has 0 atom stereocenters. The molecular formula is C14H16F3N3O3. The molecule has 0 saturated carbocycles. The van der Waals surface area contributed by atoms with Crippen LogP contribution in [0.1, 0.15) is 12.0 Å². The van der Waals surface area contributed by atoms with E-state index in [4.69, 9.17) is 21.9 Å². The van der Waals surface area contributed by atoms with Crippen LogP contribution in [-0.2, 0) is 4.74 Å². The normalized spacial score (nSPS) is 17.8. The first-order chi connectivity index (χ1) is 10.7. The Morgan fingerprint density at radius 1 is 1.17 bits per heavy atom. The molecule has 2 rings (SSSR count). The molecule has 1 aliphatic heterocycles. The highest BCUT2D eigenvalue weighted by molar-refractivity contribution is 5.74. The molecule has 1 saturated heterocycles. The summed E-state index contributed by atoms with van der Waals surface area (Å²) in [5.41, 5.74) is 18.6. The molecule has 23 heavy (non-hydrogen) atoms. The monoisotopic (exact) mass is 331 g/mol. The number of phenols is 1. The number of alkyl halides is 3. The quantitative estimate of drug-likeness (QED) is 0.653. The smallest absolute Gasteiger partial charge is 0.507 e. The molecule has 1 aliphatic rings. The van der Waals surface area contributed by atoms with Crippen LogP contribution in [0.3, 0.4) is 0 Å². The molecule has 0 radical (unpaired) electrons. The molecule has 0 aromatic heterocycles. The minimum Gasteiger partial charge on any atom is -0.507 e. The summed E-state index contributed by atoms with van der Waals surface area (Å²) in [4.78, 5) is 0. The third-order valence-electron chi connectivity index (χ3n) is 3.27. The van der Waals surface area contributed by atoms with Gasteiger partial charge in [-0.15, -0.1) is 13.2 Å². The third-order valence-corrected chi connectivity index (χ3v) is 3.27. The Bertz CT molecular complexity index is 665. The fourth-order valence-electron chi connectivity index (χ4n) is 2.24. The second-order valence-electron chi connectivity index (χ2n) is 4.86. The molecule has 126 valence electrons. The van der Waals surface area contributed by atoms with Crippen molar-refractivity contribution in [3.63, 3.8) is 0 Å². The molecule has 7 N–H and O–H groups in total. The highest BCUT2D eigenvalue weighted by Crippen LogP contribution is 2.34. The summed E-state index contributed by atoms with van der Waals surface area (Å²) in [6.45, 7) is 0.567. The topological polar surface area (TPSA) is 117 Å². The third kappa shape index (κ3) is 4.01.